The monoisotopic (exact) mass is 338 g/mol. The summed E-state index contributed by atoms with van der Waals surface area (Å²) in [4.78, 5) is 19.3. The van der Waals surface area contributed by atoms with Gasteiger partial charge in [-0.25, -0.2) is 19.4 Å². The van der Waals surface area contributed by atoms with Crippen LogP contribution in [0.4, 0.5) is 0 Å². The van der Waals surface area contributed by atoms with Crippen LogP contribution in [0, 0.1) is 0 Å². The molecule has 1 fully saturated rings. The lowest BCUT2D eigenvalue weighted by Gasteiger charge is -2.25. The molecule has 3 heterocycles. The van der Waals surface area contributed by atoms with Crippen LogP contribution < -0.4 is 0 Å². The van der Waals surface area contributed by atoms with Gasteiger partial charge in [-0.15, -0.1) is 0 Å². The number of carboxylic acid groups (broad SMARTS) is 1. The summed E-state index contributed by atoms with van der Waals surface area (Å²) >= 11 is 0. The highest BCUT2D eigenvalue weighted by molar-refractivity contribution is 5.85. The molecule has 0 atom stereocenters. The Bertz CT molecular complexity index is 900. The molecule has 0 amide bonds. The summed E-state index contributed by atoms with van der Waals surface area (Å²) in [6.45, 7) is 0.715. The van der Waals surface area contributed by atoms with Gasteiger partial charge in [-0.2, -0.15) is 5.10 Å². The zero-order valence-electron chi connectivity index (χ0n) is 13.6. The molecule has 0 spiro atoms. The van der Waals surface area contributed by atoms with Crippen molar-refractivity contribution >= 4 is 17.0 Å². The zero-order chi connectivity index (χ0) is 17.2. The summed E-state index contributed by atoms with van der Waals surface area (Å²) in [6, 6.07) is 5.19. The highest BCUT2D eigenvalue weighted by Crippen LogP contribution is 2.22. The van der Waals surface area contributed by atoms with Gasteiger partial charge >= 0.3 is 5.97 Å². The van der Waals surface area contributed by atoms with Gasteiger partial charge in [-0.1, -0.05) is 0 Å². The summed E-state index contributed by atoms with van der Waals surface area (Å²) in [6.07, 6.45) is 9.99. The second-order valence-corrected chi connectivity index (χ2v) is 6.19. The number of nitrogens with zero attached hydrogens (tertiary/aromatic N) is 4. The number of aromatic nitrogens is 4. The van der Waals surface area contributed by atoms with Gasteiger partial charge in [0.1, 0.15) is 5.69 Å². The van der Waals surface area contributed by atoms with Gasteiger partial charge in [0.05, 0.1) is 30.8 Å². The van der Waals surface area contributed by atoms with Gasteiger partial charge in [0, 0.05) is 11.6 Å². The van der Waals surface area contributed by atoms with Crippen LogP contribution in [0.5, 0.6) is 0 Å². The molecular weight excluding hydrogens is 320 g/mol. The van der Waals surface area contributed by atoms with Crippen LogP contribution in [0.3, 0.4) is 0 Å². The fourth-order valence-electron chi connectivity index (χ4n) is 2.81. The predicted octanol–water partition coefficient (Wildman–Crippen LogP) is 2.63. The van der Waals surface area contributed by atoms with E-state index in [1.54, 1.807) is 16.9 Å². The highest BCUT2D eigenvalue weighted by atomic mass is 16.5. The number of carbonyl (C=O) groups is 1. The van der Waals surface area contributed by atoms with Crippen molar-refractivity contribution in [1.82, 2.24) is 19.7 Å². The molecule has 25 heavy (non-hydrogen) atoms. The van der Waals surface area contributed by atoms with Gasteiger partial charge in [0.25, 0.3) is 0 Å². The van der Waals surface area contributed by atoms with Crippen LogP contribution in [-0.4, -0.2) is 43.5 Å². The summed E-state index contributed by atoms with van der Waals surface area (Å²) in [5, 5.41) is 14.2. The Hall–Kier alpha value is -2.80. The van der Waals surface area contributed by atoms with E-state index in [4.69, 9.17) is 9.84 Å². The molecule has 4 rings (SSSR count). The van der Waals surface area contributed by atoms with Crippen LogP contribution in [0.2, 0.25) is 0 Å². The molecule has 0 aliphatic heterocycles. The molecule has 1 aliphatic carbocycles. The minimum Gasteiger partial charge on any atom is -0.477 e. The van der Waals surface area contributed by atoms with Crippen LogP contribution in [0.15, 0.2) is 36.8 Å². The second kappa shape index (κ2) is 6.60. The number of fused-ring (bicyclic) bond motifs is 1. The maximum Gasteiger partial charge on any atom is 0.354 e. The first kappa shape index (κ1) is 15.7. The Morgan fingerprint density at radius 3 is 2.80 bits per heavy atom. The summed E-state index contributed by atoms with van der Waals surface area (Å²) < 4.78 is 7.45. The Morgan fingerprint density at radius 1 is 1.24 bits per heavy atom. The van der Waals surface area contributed by atoms with Crippen LogP contribution in [0.1, 0.15) is 35.3 Å². The van der Waals surface area contributed by atoms with Gasteiger partial charge in [-0.3, -0.25) is 0 Å². The largest absolute Gasteiger partial charge is 0.477 e. The van der Waals surface area contributed by atoms with Crippen molar-refractivity contribution in [2.45, 2.75) is 31.8 Å². The number of ether oxygens (including phenoxy) is 1. The lowest BCUT2D eigenvalue weighted by atomic mass is 9.96. The zero-order valence-corrected chi connectivity index (χ0v) is 13.6. The summed E-state index contributed by atoms with van der Waals surface area (Å²) in [5.74, 6) is -1.05. The van der Waals surface area contributed by atoms with Crippen LogP contribution in [-0.2, 0) is 11.2 Å². The molecule has 1 N–H and O–H groups in total. The number of aromatic carboxylic acids is 1. The molecule has 7 heteroatoms. The fraction of sp³-hybridized carbons (Fsp3) is 0.333. The van der Waals surface area contributed by atoms with Crippen molar-refractivity contribution in [1.29, 1.82) is 0 Å². The number of rotatable bonds is 6. The van der Waals surface area contributed by atoms with Crippen LogP contribution in [0.25, 0.3) is 16.7 Å². The van der Waals surface area contributed by atoms with Crippen molar-refractivity contribution < 1.29 is 14.6 Å². The first-order valence-corrected chi connectivity index (χ1v) is 8.35. The maximum absolute atomic E-state index is 10.9. The number of hydrogen-bond donors (Lipinski definition) is 1. The molecular formula is C18H18N4O3. The molecule has 0 radical (unpaired) electrons. The van der Waals surface area contributed by atoms with E-state index < -0.39 is 5.97 Å². The Morgan fingerprint density at radius 2 is 2.12 bits per heavy atom. The van der Waals surface area contributed by atoms with Crippen molar-refractivity contribution in [3.63, 3.8) is 0 Å². The maximum atomic E-state index is 10.9. The molecule has 0 aromatic carbocycles. The summed E-state index contributed by atoms with van der Waals surface area (Å²) in [7, 11) is 0. The first-order chi connectivity index (χ1) is 12.2. The van der Waals surface area contributed by atoms with E-state index in [9.17, 15) is 4.79 Å². The smallest absolute Gasteiger partial charge is 0.354 e. The minimum atomic E-state index is -1.05. The lowest BCUT2D eigenvalue weighted by molar-refractivity contribution is 0.00412. The Balaban J connectivity index is 1.51. The third-order valence-corrected chi connectivity index (χ3v) is 4.47. The van der Waals surface area contributed by atoms with Crippen molar-refractivity contribution in [2.24, 2.45) is 0 Å². The quantitative estimate of drug-likeness (QED) is 0.743. The molecule has 1 aliphatic rings. The average Bonchev–Trinajstić information content (AvgIpc) is 3.00. The molecule has 0 unspecified atom stereocenters. The molecule has 128 valence electrons. The van der Waals surface area contributed by atoms with Crippen molar-refractivity contribution in [2.75, 3.05) is 6.61 Å². The second-order valence-electron chi connectivity index (χ2n) is 6.19. The van der Waals surface area contributed by atoms with E-state index in [2.05, 4.69) is 21.1 Å². The topological polar surface area (TPSA) is 90.1 Å². The molecule has 7 nitrogen and oxygen atoms in total. The SMILES string of the molecule is O=C(O)c1ccc(-n2ncc3cc(CCOC4CCC4)cnc32)cn1. The van der Waals surface area contributed by atoms with Gasteiger partial charge in [0.15, 0.2) is 5.65 Å². The Labute approximate surface area is 144 Å². The normalized spacial score (nSPS) is 14.6. The minimum absolute atomic E-state index is 0.00178. The predicted molar refractivity (Wildman–Crippen MR) is 90.9 cm³/mol. The first-order valence-electron chi connectivity index (χ1n) is 8.35. The van der Waals surface area contributed by atoms with Gasteiger partial charge in [0.2, 0.25) is 0 Å². The summed E-state index contributed by atoms with van der Waals surface area (Å²) in [5.41, 5.74) is 2.51. The van der Waals surface area contributed by atoms with E-state index in [0.29, 0.717) is 24.0 Å². The van der Waals surface area contributed by atoms with E-state index >= 15 is 0 Å². The van der Waals surface area contributed by atoms with Crippen molar-refractivity contribution in [3.8, 4) is 5.69 Å². The molecule has 3 aromatic heterocycles. The lowest BCUT2D eigenvalue weighted by Crippen LogP contribution is -2.22. The van der Waals surface area contributed by atoms with E-state index in [0.717, 1.165) is 17.4 Å². The number of hydrogen-bond acceptors (Lipinski definition) is 5. The molecule has 1 saturated carbocycles. The van der Waals surface area contributed by atoms with E-state index in [-0.39, 0.29) is 5.69 Å². The highest BCUT2D eigenvalue weighted by Gasteiger charge is 2.17. The van der Waals surface area contributed by atoms with E-state index in [1.165, 1.54) is 31.5 Å². The van der Waals surface area contributed by atoms with Gasteiger partial charge in [-0.05, 0) is 49.4 Å². The fourth-order valence-corrected chi connectivity index (χ4v) is 2.81. The third kappa shape index (κ3) is 3.23. The van der Waals surface area contributed by atoms with Gasteiger partial charge < -0.3 is 9.84 Å². The Kier molecular flexibility index (Phi) is 4.15. The average molecular weight is 338 g/mol. The number of pyridine rings is 2. The standard InChI is InChI=1S/C18H18N4O3/c23-18(24)16-5-4-14(11-19-16)22-17-13(10-21-22)8-12(9-20-17)6-7-25-15-2-1-3-15/h4-5,8-11,15H,1-3,6-7H2,(H,23,24). The third-order valence-electron chi connectivity index (χ3n) is 4.47. The molecule has 3 aromatic rings. The molecule has 0 saturated heterocycles. The van der Waals surface area contributed by atoms with Crippen LogP contribution >= 0.6 is 0 Å². The molecule has 0 bridgehead atoms. The van der Waals surface area contributed by atoms with E-state index in [1.807, 2.05) is 6.20 Å². The van der Waals surface area contributed by atoms with Crippen molar-refractivity contribution in [3.05, 3.63) is 48.0 Å². The number of carboxylic acids is 1.